The molecule has 168 valence electrons. The van der Waals surface area contributed by atoms with Crippen LogP contribution < -0.4 is 10.2 Å². The summed E-state index contributed by atoms with van der Waals surface area (Å²) < 4.78 is 1.78. The number of hydrogen-bond acceptors (Lipinski definition) is 6. The summed E-state index contributed by atoms with van der Waals surface area (Å²) in [4.78, 5) is 31.2. The van der Waals surface area contributed by atoms with Crippen molar-refractivity contribution in [3.05, 3.63) is 59.4 Å². The zero-order chi connectivity index (χ0) is 22.9. The second kappa shape index (κ2) is 8.70. The number of piperidine rings is 1. The Morgan fingerprint density at radius 3 is 2.66 bits per heavy atom. The smallest absolute Gasteiger partial charge is 0.217 e. The summed E-state index contributed by atoms with van der Waals surface area (Å²) >= 11 is 0. The fraction of sp³-hybridized carbons (Fsp3) is 0.417. The maximum absolute atomic E-state index is 12.9. The molecule has 4 rings (SSSR count). The Bertz CT molecular complexity index is 1130. The molecule has 2 N–H and O–H groups in total. The average Bonchev–Trinajstić information content (AvgIpc) is 3.21. The van der Waals surface area contributed by atoms with Gasteiger partial charge in [0.25, 0.3) is 0 Å². The number of carbonyl (C=O) groups excluding carboxylic acids is 2. The van der Waals surface area contributed by atoms with Gasteiger partial charge < -0.3 is 15.3 Å². The Kier molecular flexibility index (Phi) is 5.97. The lowest BCUT2D eigenvalue weighted by molar-refractivity contribution is -0.119. The molecular formula is C24H29N5O3. The summed E-state index contributed by atoms with van der Waals surface area (Å²) in [5.41, 5.74) is 1.75. The number of benzene rings is 1. The molecule has 8 nitrogen and oxygen atoms in total. The van der Waals surface area contributed by atoms with E-state index in [0.717, 1.165) is 30.8 Å². The Hall–Kier alpha value is -3.26. The van der Waals surface area contributed by atoms with E-state index in [1.807, 2.05) is 12.1 Å². The van der Waals surface area contributed by atoms with Crippen LogP contribution in [-0.2, 0) is 16.8 Å². The van der Waals surface area contributed by atoms with Crippen LogP contribution >= 0.6 is 0 Å². The Morgan fingerprint density at radius 2 is 1.97 bits per heavy atom. The van der Waals surface area contributed by atoms with Crippen molar-refractivity contribution in [3.63, 3.8) is 0 Å². The van der Waals surface area contributed by atoms with Crippen molar-refractivity contribution in [2.75, 3.05) is 18.0 Å². The maximum atomic E-state index is 12.9. The standard InChI is InChI=1S/C24H29N5O3/c1-16(30)26-19-5-4-12-28(15-19)23-14-20(27-22-10-11-25-29(22)23)13-21(31)17-6-8-18(9-7-17)24(2,3)32/h6-11,14,19,32H,4-5,12-13,15H2,1-3H3,(H,26,30)/t19-/m1/s1. The van der Waals surface area contributed by atoms with Crippen LogP contribution in [-0.4, -0.2) is 50.5 Å². The number of aliphatic hydroxyl groups is 1. The van der Waals surface area contributed by atoms with E-state index in [1.54, 1.807) is 48.8 Å². The average molecular weight is 436 g/mol. The second-order valence-corrected chi connectivity index (χ2v) is 8.93. The molecule has 3 heterocycles. The normalized spacial score (nSPS) is 16.9. The van der Waals surface area contributed by atoms with Gasteiger partial charge >= 0.3 is 0 Å². The Labute approximate surface area is 187 Å². The van der Waals surface area contributed by atoms with Gasteiger partial charge in [-0.1, -0.05) is 24.3 Å². The predicted octanol–water partition coefficient (Wildman–Crippen LogP) is 2.49. The first-order chi connectivity index (χ1) is 15.2. The van der Waals surface area contributed by atoms with Gasteiger partial charge in [-0.25, -0.2) is 4.98 Å². The number of nitrogens with one attached hydrogen (secondary N) is 1. The number of amides is 1. The van der Waals surface area contributed by atoms with Crippen LogP contribution in [0, 0.1) is 0 Å². The molecule has 0 radical (unpaired) electrons. The van der Waals surface area contributed by atoms with Crippen molar-refractivity contribution in [2.24, 2.45) is 0 Å². The fourth-order valence-corrected chi connectivity index (χ4v) is 4.18. The largest absolute Gasteiger partial charge is 0.386 e. The summed E-state index contributed by atoms with van der Waals surface area (Å²) in [7, 11) is 0. The molecule has 0 spiro atoms. The molecule has 0 aliphatic carbocycles. The highest BCUT2D eigenvalue weighted by atomic mass is 16.3. The summed E-state index contributed by atoms with van der Waals surface area (Å²) in [6.45, 7) is 6.50. The number of ketones is 1. The SMILES string of the molecule is CC(=O)N[C@@H]1CCCN(c2cc(CC(=O)c3ccc(C(C)(C)O)cc3)nc3ccnn23)C1. The van der Waals surface area contributed by atoms with Crippen LogP contribution in [0.5, 0.6) is 0 Å². The number of carbonyl (C=O) groups is 2. The van der Waals surface area contributed by atoms with Gasteiger partial charge in [0.15, 0.2) is 11.4 Å². The molecule has 32 heavy (non-hydrogen) atoms. The van der Waals surface area contributed by atoms with E-state index in [1.165, 1.54) is 6.92 Å². The molecule has 1 aliphatic heterocycles. The number of rotatable bonds is 6. The van der Waals surface area contributed by atoms with Crippen molar-refractivity contribution in [1.29, 1.82) is 0 Å². The number of Topliss-reactive ketones (excluding diaryl/α,β-unsaturated/α-hetero) is 1. The molecule has 2 aromatic heterocycles. The summed E-state index contributed by atoms with van der Waals surface area (Å²) in [5, 5.41) is 17.5. The lowest BCUT2D eigenvalue weighted by Gasteiger charge is -2.34. The minimum Gasteiger partial charge on any atom is -0.386 e. The molecule has 0 bridgehead atoms. The number of aromatic nitrogens is 3. The van der Waals surface area contributed by atoms with E-state index in [9.17, 15) is 14.7 Å². The molecule has 3 aromatic rings. The minimum atomic E-state index is -0.950. The first kappa shape index (κ1) is 22.0. The van der Waals surface area contributed by atoms with E-state index >= 15 is 0 Å². The predicted molar refractivity (Wildman–Crippen MR) is 122 cm³/mol. The number of hydrogen-bond donors (Lipinski definition) is 2. The van der Waals surface area contributed by atoms with Crippen LogP contribution in [0.25, 0.3) is 5.65 Å². The molecule has 1 aromatic carbocycles. The maximum Gasteiger partial charge on any atom is 0.217 e. The van der Waals surface area contributed by atoms with Gasteiger partial charge in [0, 0.05) is 43.8 Å². The van der Waals surface area contributed by atoms with Gasteiger partial charge in [-0.3, -0.25) is 9.59 Å². The second-order valence-electron chi connectivity index (χ2n) is 8.93. The molecule has 1 atom stereocenters. The van der Waals surface area contributed by atoms with Gasteiger partial charge in [0.05, 0.1) is 23.9 Å². The quantitative estimate of drug-likeness (QED) is 0.577. The Morgan fingerprint density at radius 1 is 1.22 bits per heavy atom. The Balaban J connectivity index is 1.58. The van der Waals surface area contributed by atoms with Crippen LogP contribution in [0.15, 0.2) is 42.6 Å². The van der Waals surface area contributed by atoms with Crippen LogP contribution in [0.4, 0.5) is 5.82 Å². The van der Waals surface area contributed by atoms with Crippen molar-refractivity contribution in [1.82, 2.24) is 19.9 Å². The molecule has 1 saturated heterocycles. The van der Waals surface area contributed by atoms with E-state index < -0.39 is 5.60 Å². The van der Waals surface area contributed by atoms with E-state index in [2.05, 4.69) is 20.3 Å². The van der Waals surface area contributed by atoms with Crippen molar-refractivity contribution < 1.29 is 14.7 Å². The van der Waals surface area contributed by atoms with Gasteiger partial charge in [-0.05, 0) is 32.3 Å². The van der Waals surface area contributed by atoms with Crippen LogP contribution in [0.2, 0.25) is 0 Å². The van der Waals surface area contributed by atoms with Crippen molar-refractivity contribution in [2.45, 2.75) is 51.7 Å². The fourth-order valence-electron chi connectivity index (χ4n) is 4.18. The summed E-state index contributed by atoms with van der Waals surface area (Å²) in [6.07, 6.45) is 3.76. The van der Waals surface area contributed by atoms with E-state index in [0.29, 0.717) is 23.4 Å². The number of nitrogens with zero attached hydrogens (tertiary/aromatic N) is 4. The summed E-state index contributed by atoms with van der Waals surface area (Å²) in [5.74, 6) is 0.803. The molecule has 0 unspecified atom stereocenters. The highest BCUT2D eigenvalue weighted by molar-refractivity contribution is 5.97. The van der Waals surface area contributed by atoms with Crippen LogP contribution in [0.1, 0.15) is 55.2 Å². The van der Waals surface area contributed by atoms with Crippen molar-refractivity contribution in [3.8, 4) is 0 Å². The van der Waals surface area contributed by atoms with E-state index in [4.69, 9.17) is 0 Å². The van der Waals surface area contributed by atoms with E-state index in [-0.39, 0.29) is 24.2 Å². The zero-order valence-electron chi connectivity index (χ0n) is 18.7. The molecule has 1 aliphatic rings. The summed E-state index contributed by atoms with van der Waals surface area (Å²) in [6, 6.07) is 10.9. The van der Waals surface area contributed by atoms with Gasteiger partial charge in [-0.15, -0.1) is 0 Å². The molecule has 1 amide bonds. The zero-order valence-corrected chi connectivity index (χ0v) is 18.7. The molecule has 1 fully saturated rings. The first-order valence-electron chi connectivity index (χ1n) is 10.9. The third kappa shape index (κ3) is 4.80. The number of fused-ring (bicyclic) bond motifs is 1. The highest BCUT2D eigenvalue weighted by Crippen LogP contribution is 2.23. The third-order valence-corrected chi connectivity index (χ3v) is 5.80. The van der Waals surface area contributed by atoms with Gasteiger partial charge in [0.1, 0.15) is 5.82 Å². The number of anilines is 1. The minimum absolute atomic E-state index is 0.0299. The van der Waals surface area contributed by atoms with Gasteiger partial charge in [-0.2, -0.15) is 9.61 Å². The van der Waals surface area contributed by atoms with Gasteiger partial charge in [0.2, 0.25) is 5.91 Å². The first-order valence-corrected chi connectivity index (χ1v) is 10.9. The third-order valence-electron chi connectivity index (χ3n) is 5.80. The van der Waals surface area contributed by atoms with Crippen LogP contribution in [0.3, 0.4) is 0 Å². The lowest BCUT2D eigenvalue weighted by Crippen LogP contribution is -2.47. The molecule has 8 heteroatoms. The highest BCUT2D eigenvalue weighted by Gasteiger charge is 2.24. The molecular weight excluding hydrogens is 406 g/mol. The topological polar surface area (TPSA) is 99.8 Å². The monoisotopic (exact) mass is 435 g/mol. The van der Waals surface area contributed by atoms with Crippen molar-refractivity contribution >= 4 is 23.2 Å². The molecule has 0 saturated carbocycles. The lowest BCUT2D eigenvalue weighted by atomic mass is 9.96.